The number of carbonyl (C=O) groups is 1. The topological polar surface area (TPSA) is 75.6 Å². The standard InChI is InChI=1S/C11H12N2O3S/c1-2-5-9(14)11-12-8-6-3-4-7-10(8)17(15,16)13-11/h3-4,6-7H,2,5H2,1H3,(H,12,13). The number of fused-ring (bicyclic) bond motifs is 1. The second-order valence-corrected chi connectivity index (χ2v) is 5.28. The Kier molecular flexibility index (Phi) is 2.97. The Labute approximate surface area is 99.6 Å². The fourth-order valence-electron chi connectivity index (χ4n) is 1.58. The molecular weight excluding hydrogens is 240 g/mol. The molecule has 1 aliphatic heterocycles. The number of nitrogens with one attached hydrogen (secondary N) is 1. The largest absolute Gasteiger partial charge is 0.335 e. The summed E-state index contributed by atoms with van der Waals surface area (Å²) in [7, 11) is -3.75. The summed E-state index contributed by atoms with van der Waals surface area (Å²) in [5, 5.41) is 2.76. The lowest BCUT2D eigenvalue weighted by Crippen LogP contribution is -2.28. The molecule has 6 heteroatoms. The van der Waals surface area contributed by atoms with Gasteiger partial charge in [-0.2, -0.15) is 8.42 Å². The van der Waals surface area contributed by atoms with Crippen molar-refractivity contribution in [3.05, 3.63) is 24.3 Å². The Morgan fingerprint density at radius 2 is 2.06 bits per heavy atom. The van der Waals surface area contributed by atoms with Crippen molar-refractivity contribution in [1.82, 2.24) is 0 Å². The highest BCUT2D eigenvalue weighted by Crippen LogP contribution is 2.26. The maximum atomic E-state index is 11.8. The third-order valence-corrected chi connectivity index (χ3v) is 3.71. The normalized spacial score (nSPS) is 16.6. The van der Waals surface area contributed by atoms with Gasteiger partial charge in [0.05, 0.1) is 5.69 Å². The quantitative estimate of drug-likeness (QED) is 0.886. The number of hydrogen-bond acceptors (Lipinski definition) is 4. The zero-order valence-corrected chi connectivity index (χ0v) is 10.1. The Morgan fingerprint density at radius 1 is 1.35 bits per heavy atom. The van der Waals surface area contributed by atoms with Crippen LogP contribution in [0.25, 0.3) is 0 Å². The molecular formula is C11H12N2O3S. The lowest BCUT2D eigenvalue weighted by Gasteiger charge is -2.16. The molecule has 0 saturated carbocycles. The zero-order valence-electron chi connectivity index (χ0n) is 9.30. The zero-order chi connectivity index (χ0) is 12.5. The molecule has 0 aromatic heterocycles. The van der Waals surface area contributed by atoms with Gasteiger partial charge in [-0.25, -0.2) is 0 Å². The number of amidine groups is 1. The highest BCUT2D eigenvalue weighted by molar-refractivity contribution is 7.90. The molecule has 1 aliphatic rings. The second kappa shape index (κ2) is 4.29. The molecule has 0 radical (unpaired) electrons. The summed E-state index contributed by atoms with van der Waals surface area (Å²) in [5.74, 6) is -0.379. The van der Waals surface area contributed by atoms with Crippen molar-refractivity contribution < 1.29 is 13.2 Å². The van der Waals surface area contributed by atoms with Crippen LogP contribution in [0.4, 0.5) is 5.69 Å². The third kappa shape index (κ3) is 2.21. The van der Waals surface area contributed by atoms with E-state index in [9.17, 15) is 13.2 Å². The van der Waals surface area contributed by atoms with Crippen LogP contribution in [0.15, 0.2) is 33.6 Å². The number of hydrogen-bond donors (Lipinski definition) is 1. The summed E-state index contributed by atoms with van der Waals surface area (Å²) in [6, 6.07) is 6.39. The van der Waals surface area contributed by atoms with E-state index in [-0.39, 0.29) is 22.9 Å². The number of rotatable bonds is 3. The highest BCUT2D eigenvalue weighted by atomic mass is 32.2. The van der Waals surface area contributed by atoms with E-state index >= 15 is 0 Å². The maximum Gasteiger partial charge on any atom is 0.286 e. The van der Waals surface area contributed by atoms with E-state index in [4.69, 9.17) is 0 Å². The molecule has 0 aliphatic carbocycles. The highest BCUT2D eigenvalue weighted by Gasteiger charge is 2.26. The van der Waals surface area contributed by atoms with E-state index in [2.05, 4.69) is 9.71 Å². The minimum absolute atomic E-state index is 0.0921. The fraction of sp³-hybridized carbons (Fsp3) is 0.273. The minimum atomic E-state index is -3.75. The van der Waals surface area contributed by atoms with Crippen LogP contribution >= 0.6 is 0 Å². The van der Waals surface area contributed by atoms with Gasteiger partial charge < -0.3 is 5.32 Å². The molecule has 1 aromatic rings. The van der Waals surface area contributed by atoms with E-state index in [1.54, 1.807) is 18.2 Å². The number of ketones is 1. The predicted molar refractivity (Wildman–Crippen MR) is 64.6 cm³/mol. The number of anilines is 1. The molecule has 0 saturated heterocycles. The molecule has 2 rings (SSSR count). The Balaban J connectivity index is 2.45. The summed E-state index contributed by atoms with van der Waals surface area (Å²) < 4.78 is 27.1. The molecule has 90 valence electrons. The van der Waals surface area contributed by atoms with Gasteiger partial charge in [-0.3, -0.25) is 4.79 Å². The van der Waals surface area contributed by atoms with Gasteiger partial charge >= 0.3 is 0 Å². The van der Waals surface area contributed by atoms with Crippen LogP contribution in [0, 0.1) is 0 Å². The Bertz CT molecular complexity index is 590. The lowest BCUT2D eigenvalue weighted by molar-refractivity contribution is -0.113. The van der Waals surface area contributed by atoms with Crippen LogP contribution in [0.2, 0.25) is 0 Å². The van der Waals surface area contributed by atoms with Crippen molar-refractivity contribution >= 4 is 27.3 Å². The van der Waals surface area contributed by atoms with Gasteiger partial charge in [0.2, 0.25) is 0 Å². The van der Waals surface area contributed by atoms with Crippen LogP contribution in [0.3, 0.4) is 0 Å². The molecule has 1 heterocycles. The van der Waals surface area contributed by atoms with Crippen LogP contribution in [-0.4, -0.2) is 20.0 Å². The van der Waals surface area contributed by atoms with E-state index in [1.807, 2.05) is 6.92 Å². The van der Waals surface area contributed by atoms with Crippen molar-refractivity contribution in [2.75, 3.05) is 5.32 Å². The van der Waals surface area contributed by atoms with Crippen molar-refractivity contribution in [3.63, 3.8) is 0 Å². The average Bonchev–Trinajstić information content (AvgIpc) is 2.28. The molecule has 1 N–H and O–H groups in total. The first kappa shape index (κ1) is 11.8. The van der Waals surface area contributed by atoms with Gasteiger partial charge in [0.15, 0.2) is 11.6 Å². The number of para-hydroxylation sites is 1. The van der Waals surface area contributed by atoms with Crippen molar-refractivity contribution in [1.29, 1.82) is 0 Å². The first-order valence-electron chi connectivity index (χ1n) is 5.29. The van der Waals surface area contributed by atoms with Crippen LogP contribution in [-0.2, 0) is 14.8 Å². The van der Waals surface area contributed by atoms with E-state index in [0.717, 1.165) is 0 Å². The first-order valence-corrected chi connectivity index (χ1v) is 6.73. The molecule has 17 heavy (non-hydrogen) atoms. The molecule has 0 unspecified atom stereocenters. The van der Waals surface area contributed by atoms with Gasteiger partial charge in [0.1, 0.15) is 4.90 Å². The Hall–Kier alpha value is -1.69. The maximum absolute atomic E-state index is 11.8. The van der Waals surface area contributed by atoms with Crippen molar-refractivity contribution in [2.24, 2.45) is 4.40 Å². The number of Topliss-reactive ketones (excluding diaryl/α,β-unsaturated/α-hetero) is 1. The van der Waals surface area contributed by atoms with Crippen LogP contribution in [0.1, 0.15) is 19.8 Å². The summed E-state index contributed by atoms with van der Waals surface area (Å²) >= 11 is 0. The van der Waals surface area contributed by atoms with Gasteiger partial charge in [0, 0.05) is 6.42 Å². The van der Waals surface area contributed by atoms with Crippen molar-refractivity contribution in [3.8, 4) is 0 Å². The third-order valence-electron chi connectivity index (χ3n) is 2.37. The van der Waals surface area contributed by atoms with E-state index in [0.29, 0.717) is 12.1 Å². The predicted octanol–water partition coefficient (Wildman–Crippen LogP) is 1.57. The van der Waals surface area contributed by atoms with Gasteiger partial charge in [-0.15, -0.1) is 4.40 Å². The van der Waals surface area contributed by atoms with Crippen molar-refractivity contribution in [2.45, 2.75) is 24.7 Å². The average molecular weight is 252 g/mol. The van der Waals surface area contributed by atoms with Crippen LogP contribution in [0.5, 0.6) is 0 Å². The summed E-state index contributed by atoms with van der Waals surface area (Å²) in [5.41, 5.74) is 0.405. The summed E-state index contributed by atoms with van der Waals surface area (Å²) in [4.78, 5) is 11.7. The number of sulfonamides is 1. The summed E-state index contributed by atoms with van der Waals surface area (Å²) in [6.07, 6.45) is 0.935. The summed E-state index contributed by atoms with van der Waals surface area (Å²) in [6.45, 7) is 1.85. The van der Waals surface area contributed by atoms with E-state index < -0.39 is 10.0 Å². The monoisotopic (exact) mass is 252 g/mol. The number of benzene rings is 1. The van der Waals surface area contributed by atoms with Gasteiger partial charge in [-0.1, -0.05) is 19.1 Å². The molecule has 0 bridgehead atoms. The second-order valence-electron chi connectivity index (χ2n) is 3.71. The molecule has 0 fully saturated rings. The first-order chi connectivity index (χ1) is 8.04. The molecule has 1 aromatic carbocycles. The molecule has 5 nitrogen and oxygen atoms in total. The minimum Gasteiger partial charge on any atom is -0.335 e. The molecule has 0 atom stereocenters. The molecule has 0 amide bonds. The fourth-order valence-corrected chi connectivity index (χ4v) is 2.71. The Morgan fingerprint density at radius 3 is 2.76 bits per heavy atom. The lowest BCUT2D eigenvalue weighted by atomic mass is 10.2. The van der Waals surface area contributed by atoms with E-state index in [1.165, 1.54) is 6.07 Å². The molecule has 0 spiro atoms. The number of nitrogens with zero attached hydrogens (tertiary/aromatic N) is 1. The van der Waals surface area contributed by atoms with Gasteiger partial charge in [0.25, 0.3) is 10.0 Å². The SMILES string of the molecule is CCCC(=O)C1=NS(=O)(=O)c2ccccc2N1. The van der Waals surface area contributed by atoms with Gasteiger partial charge in [-0.05, 0) is 18.6 Å². The number of carbonyl (C=O) groups excluding carboxylic acids is 1. The van der Waals surface area contributed by atoms with Crippen LogP contribution < -0.4 is 5.32 Å². The smallest absolute Gasteiger partial charge is 0.286 e.